The summed E-state index contributed by atoms with van der Waals surface area (Å²) >= 11 is 5.78. The first-order valence-electron chi connectivity index (χ1n) is 4.74. The minimum Gasteiger partial charge on any atom is -0.478 e. The smallest absolute Gasteiger partial charge is 0.336 e. The van der Waals surface area contributed by atoms with Gasteiger partial charge in [0, 0.05) is 0 Å². The van der Waals surface area contributed by atoms with Crippen molar-refractivity contribution in [3.05, 3.63) is 28.3 Å². The maximum absolute atomic E-state index is 11.2. The van der Waals surface area contributed by atoms with Crippen LogP contribution in [0.4, 0.5) is 0 Å². The van der Waals surface area contributed by atoms with Crippen molar-refractivity contribution in [2.45, 2.75) is 24.7 Å². The molecule has 94 valence electrons. The Balaban J connectivity index is 3.63. The number of rotatable bonds is 3. The summed E-state index contributed by atoms with van der Waals surface area (Å²) in [5.41, 5.74) is 0.364. The molecule has 1 rings (SSSR count). The van der Waals surface area contributed by atoms with E-state index in [1.807, 2.05) is 0 Å². The number of halogens is 1. The van der Waals surface area contributed by atoms with Crippen molar-refractivity contribution in [3.63, 3.8) is 0 Å². The second-order valence-corrected chi connectivity index (χ2v) is 5.81. The topological polar surface area (TPSA) is 97.5 Å². The molecule has 0 saturated heterocycles. The van der Waals surface area contributed by atoms with Gasteiger partial charge in [0.25, 0.3) is 0 Å². The van der Waals surface area contributed by atoms with Crippen LogP contribution in [0.5, 0.6) is 0 Å². The van der Waals surface area contributed by atoms with E-state index in [1.54, 1.807) is 13.8 Å². The maximum Gasteiger partial charge on any atom is 0.336 e. The molecule has 3 N–H and O–H groups in total. The van der Waals surface area contributed by atoms with Crippen LogP contribution in [0.2, 0.25) is 5.02 Å². The molecule has 0 aliphatic heterocycles. The molecule has 0 bridgehead atoms. The quantitative estimate of drug-likeness (QED) is 0.880. The average molecular weight is 278 g/mol. The normalized spacial score (nSPS) is 11.8. The first kappa shape index (κ1) is 14.0. The van der Waals surface area contributed by atoms with Gasteiger partial charge < -0.3 is 5.11 Å². The predicted molar refractivity (Wildman–Crippen MR) is 63.9 cm³/mol. The minimum atomic E-state index is -4.03. The highest BCUT2D eigenvalue weighted by atomic mass is 35.5. The van der Waals surface area contributed by atoms with Crippen molar-refractivity contribution in [3.8, 4) is 0 Å². The SMILES string of the molecule is CC(C)c1cc(Cl)c(S(N)(=O)=O)cc1C(=O)O. The van der Waals surface area contributed by atoms with Crippen molar-refractivity contribution >= 4 is 27.6 Å². The third kappa shape index (κ3) is 2.96. The Bertz CT molecular complexity index is 566. The number of carboxylic acids is 1. The summed E-state index contributed by atoms with van der Waals surface area (Å²) in [5.74, 6) is -1.30. The standard InChI is InChI=1S/C10H12ClNO4S/c1-5(2)6-3-8(11)9(17(12,15)16)4-7(6)10(13)14/h3-5H,1-2H3,(H,13,14)(H2,12,15,16). The van der Waals surface area contributed by atoms with Gasteiger partial charge in [-0.3, -0.25) is 0 Å². The molecule has 5 nitrogen and oxygen atoms in total. The van der Waals surface area contributed by atoms with Gasteiger partial charge in [0.1, 0.15) is 4.90 Å². The fraction of sp³-hybridized carbons (Fsp3) is 0.300. The molecule has 0 aliphatic carbocycles. The molecule has 1 aromatic rings. The molecule has 0 aliphatic rings. The third-order valence-corrected chi connectivity index (χ3v) is 3.64. The zero-order valence-corrected chi connectivity index (χ0v) is 10.8. The van der Waals surface area contributed by atoms with Crippen molar-refractivity contribution in [2.24, 2.45) is 5.14 Å². The Kier molecular flexibility index (Phi) is 3.81. The molecule has 0 heterocycles. The Morgan fingerprint density at radius 1 is 1.41 bits per heavy atom. The molecule has 7 heteroatoms. The molecule has 0 amide bonds. The summed E-state index contributed by atoms with van der Waals surface area (Å²) in [5, 5.41) is 13.9. The fourth-order valence-corrected chi connectivity index (χ4v) is 2.56. The average Bonchev–Trinajstić information content (AvgIpc) is 2.14. The molecule has 17 heavy (non-hydrogen) atoms. The summed E-state index contributed by atoms with van der Waals surface area (Å²) < 4.78 is 22.4. The van der Waals surface area contributed by atoms with Crippen LogP contribution >= 0.6 is 11.6 Å². The Labute approximate surface area is 104 Å². The molecular weight excluding hydrogens is 266 g/mol. The molecule has 0 atom stereocenters. The molecule has 0 spiro atoms. The van der Waals surface area contributed by atoms with Crippen LogP contribution < -0.4 is 5.14 Å². The summed E-state index contributed by atoms with van der Waals surface area (Å²) in [6.07, 6.45) is 0. The number of nitrogens with two attached hydrogens (primary N) is 1. The van der Waals surface area contributed by atoms with Crippen molar-refractivity contribution in [2.75, 3.05) is 0 Å². The number of hydrogen-bond acceptors (Lipinski definition) is 3. The van der Waals surface area contributed by atoms with Crippen LogP contribution in [0.1, 0.15) is 35.7 Å². The lowest BCUT2D eigenvalue weighted by molar-refractivity contribution is 0.0695. The van der Waals surface area contributed by atoms with E-state index < -0.39 is 16.0 Å². The molecule has 0 saturated carbocycles. The van der Waals surface area contributed by atoms with E-state index in [0.717, 1.165) is 6.07 Å². The van der Waals surface area contributed by atoms with Crippen molar-refractivity contribution < 1.29 is 18.3 Å². The largest absolute Gasteiger partial charge is 0.478 e. The van der Waals surface area contributed by atoms with Crippen LogP contribution in [0.15, 0.2) is 17.0 Å². The van der Waals surface area contributed by atoms with E-state index >= 15 is 0 Å². The lowest BCUT2D eigenvalue weighted by Gasteiger charge is -2.12. The number of benzene rings is 1. The van der Waals surface area contributed by atoms with Gasteiger partial charge in [0.15, 0.2) is 0 Å². The molecule has 1 aromatic carbocycles. The second-order valence-electron chi connectivity index (χ2n) is 3.87. The van der Waals surface area contributed by atoms with Crippen LogP contribution in [0.25, 0.3) is 0 Å². The monoisotopic (exact) mass is 277 g/mol. The maximum atomic E-state index is 11.2. The van der Waals surface area contributed by atoms with Crippen LogP contribution in [-0.4, -0.2) is 19.5 Å². The Morgan fingerprint density at radius 2 is 1.94 bits per heavy atom. The van der Waals surface area contributed by atoms with Crippen LogP contribution in [0.3, 0.4) is 0 Å². The summed E-state index contributed by atoms with van der Waals surface area (Å²) in [4.78, 5) is 10.7. The van der Waals surface area contributed by atoms with E-state index in [4.69, 9.17) is 21.8 Å². The van der Waals surface area contributed by atoms with E-state index in [0.29, 0.717) is 5.56 Å². The predicted octanol–water partition coefficient (Wildman–Crippen LogP) is 1.81. The zero-order valence-electron chi connectivity index (χ0n) is 9.27. The number of carbonyl (C=O) groups is 1. The van der Waals surface area contributed by atoms with Gasteiger partial charge in [-0.05, 0) is 23.6 Å². The molecule has 0 fully saturated rings. The van der Waals surface area contributed by atoms with E-state index in [1.165, 1.54) is 6.07 Å². The van der Waals surface area contributed by atoms with Gasteiger partial charge in [0.2, 0.25) is 10.0 Å². The summed E-state index contributed by atoms with van der Waals surface area (Å²) in [6, 6.07) is 2.32. The number of carboxylic acid groups (broad SMARTS) is 1. The van der Waals surface area contributed by atoms with Gasteiger partial charge in [0.05, 0.1) is 10.6 Å². The lowest BCUT2D eigenvalue weighted by atomic mass is 9.97. The highest BCUT2D eigenvalue weighted by Crippen LogP contribution is 2.29. The van der Waals surface area contributed by atoms with Gasteiger partial charge in [-0.2, -0.15) is 0 Å². The molecular formula is C10H12ClNO4S. The van der Waals surface area contributed by atoms with Crippen LogP contribution in [0, 0.1) is 0 Å². The van der Waals surface area contributed by atoms with Crippen molar-refractivity contribution in [1.29, 1.82) is 0 Å². The second kappa shape index (κ2) is 4.64. The zero-order chi connectivity index (χ0) is 13.4. The minimum absolute atomic E-state index is 0.0683. The van der Waals surface area contributed by atoms with E-state index in [9.17, 15) is 13.2 Å². The van der Waals surface area contributed by atoms with E-state index in [2.05, 4.69) is 0 Å². The number of primary sulfonamides is 1. The highest BCUT2D eigenvalue weighted by Gasteiger charge is 2.21. The fourth-order valence-electron chi connectivity index (χ4n) is 1.45. The number of aromatic carboxylic acids is 1. The molecule has 0 unspecified atom stereocenters. The Hall–Kier alpha value is -1.11. The summed E-state index contributed by atoms with van der Waals surface area (Å²) in [7, 11) is -4.03. The van der Waals surface area contributed by atoms with Gasteiger partial charge in [-0.1, -0.05) is 25.4 Å². The van der Waals surface area contributed by atoms with E-state index in [-0.39, 0.29) is 21.4 Å². The van der Waals surface area contributed by atoms with Gasteiger partial charge in [-0.25, -0.2) is 18.4 Å². The van der Waals surface area contributed by atoms with Crippen LogP contribution in [-0.2, 0) is 10.0 Å². The van der Waals surface area contributed by atoms with Gasteiger partial charge >= 0.3 is 5.97 Å². The van der Waals surface area contributed by atoms with Gasteiger partial charge in [-0.15, -0.1) is 0 Å². The number of hydrogen-bond donors (Lipinski definition) is 2. The van der Waals surface area contributed by atoms with Crippen molar-refractivity contribution in [1.82, 2.24) is 0 Å². The lowest BCUT2D eigenvalue weighted by Crippen LogP contribution is -2.15. The molecule has 0 radical (unpaired) electrons. The number of sulfonamides is 1. The first-order valence-corrected chi connectivity index (χ1v) is 6.66. The first-order chi connectivity index (χ1) is 7.64. The Morgan fingerprint density at radius 3 is 2.29 bits per heavy atom. The third-order valence-electron chi connectivity index (χ3n) is 2.26. The highest BCUT2D eigenvalue weighted by molar-refractivity contribution is 7.89. The molecule has 0 aromatic heterocycles. The summed E-state index contributed by atoms with van der Waals surface area (Å²) in [6.45, 7) is 3.57.